The highest BCUT2D eigenvalue weighted by Gasteiger charge is 2.11. The van der Waals surface area contributed by atoms with Gasteiger partial charge in [0, 0.05) is 34.8 Å². The summed E-state index contributed by atoms with van der Waals surface area (Å²) < 4.78 is 7.26. The molecule has 3 nitrogen and oxygen atoms in total. The molecular formula is C18H14N2O. The average molecular weight is 274 g/mol. The van der Waals surface area contributed by atoms with Crippen LogP contribution in [0.1, 0.15) is 5.56 Å². The fraction of sp³-hybridized carbons (Fsp3) is 0.0556. The SMILES string of the molecule is c1ccc(Cn2cc(-c3cnoc3)c3ccccc32)cc1. The fourth-order valence-electron chi connectivity index (χ4n) is 2.73. The van der Waals surface area contributed by atoms with E-state index in [-0.39, 0.29) is 0 Å². The van der Waals surface area contributed by atoms with Crippen LogP contribution in [0.5, 0.6) is 0 Å². The molecule has 0 amide bonds. The van der Waals surface area contributed by atoms with E-state index in [1.54, 1.807) is 12.5 Å². The van der Waals surface area contributed by atoms with Crippen molar-refractivity contribution in [2.24, 2.45) is 0 Å². The molecule has 0 N–H and O–H groups in total. The number of hydrogen-bond donors (Lipinski definition) is 0. The molecule has 0 saturated carbocycles. The number of benzene rings is 2. The summed E-state index contributed by atoms with van der Waals surface area (Å²) >= 11 is 0. The van der Waals surface area contributed by atoms with E-state index in [2.05, 4.69) is 64.5 Å². The van der Waals surface area contributed by atoms with Crippen molar-refractivity contribution in [2.45, 2.75) is 6.54 Å². The zero-order valence-electron chi connectivity index (χ0n) is 11.4. The standard InChI is InChI=1S/C18H14N2O/c1-2-6-14(7-3-1)11-20-12-17(15-10-19-21-13-15)16-8-4-5-9-18(16)20/h1-10,12-13H,11H2. The first-order valence-electron chi connectivity index (χ1n) is 6.93. The third-order valence-corrected chi connectivity index (χ3v) is 3.73. The van der Waals surface area contributed by atoms with Crippen LogP contribution in [-0.2, 0) is 6.54 Å². The lowest BCUT2D eigenvalue weighted by Crippen LogP contribution is -1.97. The lowest BCUT2D eigenvalue weighted by molar-refractivity contribution is 0.420. The van der Waals surface area contributed by atoms with Crippen LogP contribution in [0.25, 0.3) is 22.0 Å². The molecule has 4 rings (SSSR count). The van der Waals surface area contributed by atoms with Crippen molar-refractivity contribution in [1.82, 2.24) is 9.72 Å². The smallest absolute Gasteiger partial charge is 0.131 e. The Morgan fingerprint density at radius 1 is 0.952 bits per heavy atom. The van der Waals surface area contributed by atoms with Crippen LogP contribution in [0.4, 0.5) is 0 Å². The van der Waals surface area contributed by atoms with Gasteiger partial charge in [-0.3, -0.25) is 0 Å². The molecule has 0 aliphatic carbocycles. The summed E-state index contributed by atoms with van der Waals surface area (Å²) in [7, 11) is 0. The van der Waals surface area contributed by atoms with Crippen LogP contribution >= 0.6 is 0 Å². The average Bonchev–Trinajstić information content (AvgIpc) is 3.17. The molecular weight excluding hydrogens is 260 g/mol. The van der Waals surface area contributed by atoms with Crippen molar-refractivity contribution in [3.8, 4) is 11.1 Å². The van der Waals surface area contributed by atoms with Crippen LogP contribution in [0.2, 0.25) is 0 Å². The maximum Gasteiger partial charge on any atom is 0.131 e. The molecule has 0 bridgehead atoms. The Hall–Kier alpha value is -2.81. The first-order valence-corrected chi connectivity index (χ1v) is 6.93. The minimum Gasteiger partial charge on any atom is -0.364 e. The van der Waals surface area contributed by atoms with Gasteiger partial charge in [-0.05, 0) is 11.6 Å². The van der Waals surface area contributed by atoms with Crippen molar-refractivity contribution in [3.63, 3.8) is 0 Å². The van der Waals surface area contributed by atoms with Gasteiger partial charge in [-0.15, -0.1) is 0 Å². The van der Waals surface area contributed by atoms with Crippen LogP contribution in [-0.4, -0.2) is 9.72 Å². The zero-order chi connectivity index (χ0) is 14.1. The van der Waals surface area contributed by atoms with Crippen LogP contribution in [0, 0.1) is 0 Å². The topological polar surface area (TPSA) is 31.0 Å². The highest BCUT2D eigenvalue weighted by molar-refractivity contribution is 5.95. The van der Waals surface area contributed by atoms with Gasteiger partial charge in [-0.25, -0.2) is 0 Å². The summed E-state index contributed by atoms with van der Waals surface area (Å²) in [5.74, 6) is 0. The summed E-state index contributed by atoms with van der Waals surface area (Å²) in [5, 5.41) is 5.03. The summed E-state index contributed by atoms with van der Waals surface area (Å²) in [4.78, 5) is 0. The van der Waals surface area contributed by atoms with Gasteiger partial charge in [0.1, 0.15) is 6.26 Å². The fourth-order valence-corrected chi connectivity index (χ4v) is 2.73. The monoisotopic (exact) mass is 274 g/mol. The van der Waals surface area contributed by atoms with E-state index >= 15 is 0 Å². The molecule has 2 aromatic carbocycles. The van der Waals surface area contributed by atoms with Crippen molar-refractivity contribution >= 4 is 10.9 Å². The number of para-hydroxylation sites is 1. The van der Waals surface area contributed by atoms with Crippen molar-refractivity contribution in [3.05, 3.63) is 78.8 Å². The van der Waals surface area contributed by atoms with E-state index in [0.29, 0.717) is 0 Å². The maximum atomic E-state index is 4.99. The predicted octanol–water partition coefficient (Wildman–Crippen LogP) is 4.34. The molecule has 4 aromatic rings. The van der Waals surface area contributed by atoms with Crippen molar-refractivity contribution in [2.75, 3.05) is 0 Å². The third-order valence-electron chi connectivity index (χ3n) is 3.73. The van der Waals surface area contributed by atoms with Gasteiger partial charge in [0.2, 0.25) is 0 Å². The van der Waals surface area contributed by atoms with Crippen LogP contribution in [0.3, 0.4) is 0 Å². The number of fused-ring (bicyclic) bond motifs is 1. The van der Waals surface area contributed by atoms with Gasteiger partial charge in [-0.2, -0.15) is 0 Å². The molecule has 102 valence electrons. The van der Waals surface area contributed by atoms with E-state index in [1.807, 2.05) is 6.07 Å². The van der Waals surface area contributed by atoms with Gasteiger partial charge in [0.25, 0.3) is 0 Å². The molecule has 0 aliphatic rings. The maximum absolute atomic E-state index is 4.99. The molecule has 0 unspecified atom stereocenters. The lowest BCUT2D eigenvalue weighted by Gasteiger charge is -2.05. The molecule has 2 heterocycles. The number of hydrogen-bond acceptors (Lipinski definition) is 2. The molecule has 21 heavy (non-hydrogen) atoms. The summed E-state index contributed by atoms with van der Waals surface area (Å²) in [6.07, 6.45) is 5.62. The highest BCUT2D eigenvalue weighted by atomic mass is 16.5. The second-order valence-corrected chi connectivity index (χ2v) is 5.09. The van der Waals surface area contributed by atoms with Gasteiger partial charge in [0.15, 0.2) is 0 Å². The molecule has 2 aromatic heterocycles. The molecule has 0 aliphatic heterocycles. The number of aromatic nitrogens is 2. The molecule has 0 atom stereocenters. The quantitative estimate of drug-likeness (QED) is 0.556. The van der Waals surface area contributed by atoms with E-state index < -0.39 is 0 Å². The van der Waals surface area contributed by atoms with Crippen molar-refractivity contribution < 1.29 is 4.52 Å². The van der Waals surface area contributed by atoms with Gasteiger partial charge < -0.3 is 9.09 Å². The molecule has 0 saturated heterocycles. The molecule has 0 radical (unpaired) electrons. The van der Waals surface area contributed by atoms with E-state index in [0.717, 1.165) is 17.7 Å². The minimum absolute atomic E-state index is 0.854. The van der Waals surface area contributed by atoms with Crippen LogP contribution in [0.15, 0.2) is 77.8 Å². The Bertz CT molecular complexity index is 861. The summed E-state index contributed by atoms with van der Waals surface area (Å²) in [5.41, 5.74) is 4.67. The normalized spacial score (nSPS) is 11.0. The zero-order valence-corrected chi connectivity index (χ0v) is 11.4. The van der Waals surface area contributed by atoms with Gasteiger partial charge in [-0.1, -0.05) is 53.7 Å². The molecule has 0 spiro atoms. The van der Waals surface area contributed by atoms with Gasteiger partial charge in [0.05, 0.1) is 6.20 Å². The largest absolute Gasteiger partial charge is 0.364 e. The first-order chi connectivity index (χ1) is 10.4. The lowest BCUT2D eigenvalue weighted by atomic mass is 10.1. The van der Waals surface area contributed by atoms with E-state index in [1.165, 1.54) is 16.5 Å². The molecule has 3 heteroatoms. The summed E-state index contributed by atoms with van der Waals surface area (Å²) in [6.45, 7) is 0.854. The Morgan fingerprint density at radius 3 is 2.57 bits per heavy atom. The summed E-state index contributed by atoms with van der Waals surface area (Å²) in [6, 6.07) is 18.9. The Labute approximate surface area is 122 Å². The Kier molecular flexibility index (Phi) is 2.82. The minimum atomic E-state index is 0.854. The number of rotatable bonds is 3. The van der Waals surface area contributed by atoms with Crippen LogP contribution < -0.4 is 0 Å². The van der Waals surface area contributed by atoms with Crippen molar-refractivity contribution in [1.29, 1.82) is 0 Å². The second-order valence-electron chi connectivity index (χ2n) is 5.09. The molecule has 0 fully saturated rings. The second kappa shape index (κ2) is 4.94. The Balaban J connectivity index is 1.86. The van der Waals surface area contributed by atoms with E-state index in [9.17, 15) is 0 Å². The predicted molar refractivity (Wildman–Crippen MR) is 83.0 cm³/mol. The van der Waals surface area contributed by atoms with E-state index in [4.69, 9.17) is 4.52 Å². The number of nitrogens with zero attached hydrogens (tertiary/aromatic N) is 2. The first kappa shape index (κ1) is 12.0. The Morgan fingerprint density at radius 2 is 1.76 bits per heavy atom. The third kappa shape index (κ3) is 2.13. The van der Waals surface area contributed by atoms with Gasteiger partial charge >= 0.3 is 0 Å². The highest BCUT2D eigenvalue weighted by Crippen LogP contribution is 2.30.